The number of rotatable bonds is 12. The van der Waals surface area contributed by atoms with E-state index >= 15 is 0 Å². The maximum atomic E-state index is 14.6. The van der Waals surface area contributed by atoms with Crippen molar-refractivity contribution in [2.45, 2.75) is 37.3 Å². The summed E-state index contributed by atoms with van der Waals surface area (Å²) in [6, 6.07) is 10.6. The Morgan fingerprint density at radius 2 is 1.84 bits per heavy atom. The lowest BCUT2D eigenvalue weighted by atomic mass is 9.82. The lowest BCUT2D eigenvalue weighted by Crippen LogP contribution is -2.40. The monoisotopic (exact) mass is 631 g/mol. The second-order valence-electron chi connectivity index (χ2n) is 11.4. The highest BCUT2D eigenvalue weighted by atomic mass is 19.4. The number of nitrogens with one attached hydrogen (secondary N) is 2. The second-order valence-corrected chi connectivity index (χ2v) is 11.4. The van der Waals surface area contributed by atoms with Crippen LogP contribution in [0.25, 0.3) is 11.3 Å². The lowest BCUT2D eigenvalue weighted by Gasteiger charge is -2.26. The van der Waals surface area contributed by atoms with E-state index in [-0.39, 0.29) is 72.4 Å². The summed E-state index contributed by atoms with van der Waals surface area (Å²) in [5.41, 5.74) is -0.333. The highest BCUT2D eigenvalue weighted by Crippen LogP contribution is 2.46. The van der Waals surface area contributed by atoms with Gasteiger partial charge in [0, 0.05) is 41.1 Å². The molecule has 2 atom stereocenters. The van der Waals surface area contributed by atoms with Crippen LogP contribution in [0.1, 0.15) is 47.3 Å². The van der Waals surface area contributed by atoms with E-state index in [4.69, 9.17) is 19.3 Å². The summed E-state index contributed by atoms with van der Waals surface area (Å²) in [5.74, 6) is -3.02. The largest absolute Gasteiger partial charge is 0.493 e. The molecule has 3 aromatic rings. The van der Waals surface area contributed by atoms with Crippen LogP contribution >= 0.6 is 0 Å². The van der Waals surface area contributed by atoms with Gasteiger partial charge in [0.1, 0.15) is 29.8 Å². The van der Waals surface area contributed by atoms with E-state index in [9.17, 15) is 27.2 Å². The highest BCUT2D eigenvalue weighted by molar-refractivity contribution is 5.95. The summed E-state index contributed by atoms with van der Waals surface area (Å²) in [7, 11) is 1.34. The van der Waals surface area contributed by atoms with Crippen LogP contribution in [-0.2, 0) is 10.2 Å². The molecule has 0 spiro atoms. The minimum absolute atomic E-state index is 0.0141. The van der Waals surface area contributed by atoms with Gasteiger partial charge in [0.25, 0.3) is 5.91 Å². The van der Waals surface area contributed by atoms with Gasteiger partial charge in [0.2, 0.25) is 5.91 Å². The van der Waals surface area contributed by atoms with E-state index in [1.807, 2.05) is 0 Å². The van der Waals surface area contributed by atoms with Crippen molar-refractivity contribution in [1.29, 1.82) is 0 Å². The number of benzene rings is 2. The number of ether oxygens (including phenoxy) is 3. The number of hydrogen-bond donors (Lipinski definition) is 3. The number of aromatic nitrogens is 1. The maximum Gasteiger partial charge on any atom is 0.398 e. The van der Waals surface area contributed by atoms with Gasteiger partial charge in [-0.05, 0) is 61.4 Å². The Balaban J connectivity index is 1.47. The summed E-state index contributed by atoms with van der Waals surface area (Å²) >= 11 is 0. The fraction of sp³-hybridized carbons (Fsp3) is 0.406. The zero-order chi connectivity index (χ0) is 32.4. The van der Waals surface area contributed by atoms with Crippen molar-refractivity contribution in [3.8, 4) is 28.5 Å². The zero-order valence-electron chi connectivity index (χ0n) is 24.7. The molecule has 1 aromatic heterocycles. The molecule has 9 nitrogen and oxygen atoms in total. The number of nitrogens with zero attached hydrogens (tertiary/aromatic N) is 1. The Morgan fingerprint density at radius 3 is 2.49 bits per heavy atom. The predicted molar refractivity (Wildman–Crippen MR) is 155 cm³/mol. The zero-order valence-corrected chi connectivity index (χ0v) is 24.7. The van der Waals surface area contributed by atoms with Gasteiger partial charge in [-0.1, -0.05) is 6.92 Å². The molecule has 2 amide bonds. The quantitative estimate of drug-likeness (QED) is 0.252. The van der Waals surface area contributed by atoms with Crippen LogP contribution in [0.4, 0.5) is 17.6 Å². The molecule has 240 valence electrons. The molecule has 1 fully saturated rings. The molecule has 2 aromatic carbocycles. The van der Waals surface area contributed by atoms with E-state index in [1.54, 1.807) is 6.92 Å². The Labute approximate surface area is 256 Å². The number of fused-ring (bicyclic) bond motifs is 1. The van der Waals surface area contributed by atoms with Crippen molar-refractivity contribution >= 4 is 11.8 Å². The molecule has 3 N–H and O–H groups in total. The topological polar surface area (TPSA) is 119 Å². The molecule has 0 bridgehead atoms. The molecule has 1 aliphatic heterocycles. The van der Waals surface area contributed by atoms with Crippen LogP contribution in [0.15, 0.2) is 48.5 Å². The first-order valence-corrected chi connectivity index (χ1v) is 14.4. The number of aliphatic hydroxyl groups excluding tert-OH is 1. The summed E-state index contributed by atoms with van der Waals surface area (Å²) < 4.78 is 74.2. The Bertz CT molecular complexity index is 1560. The summed E-state index contributed by atoms with van der Waals surface area (Å²) in [5, 5.41) is 14.2. The standard InChI is InChI=1S/C32H33F4N3O6/c1-31(16-38-29(41)19-3-4-19)17-45-28-22(31)14-24(39-27(28)18-5-8-21(33)9-6-18)23(32(34,35)36)15-37-30(42)20-7-10-25(44-12-11-40)26(13-20)43-2/h5-10,13-14,19,23,40H,3-4,11-12,15-17H2,1-2H3,(H,37,42)(H,38,41)/t23-,31+/m1/s1. The number of aliphatic hydroxyl groups is 1. The molecular weight excluding hydrogens is 598 g/mol. The first-order chi connectivity index (χ1) is 21.4. The molecular formula is C32H33F4N3O6. The van der Waals surface area contributed by atoms with Gasteiger partial charge in [0.15, 0.2) is 11.5 Å². The SMILES string of the molecule is COc1cc(C(=O)NC[C@H](c2cc3c(c(-c4ccc(F)cc4)n2)OC[C@]3(C)CNC(=O)C2CC2)C(F)(F)F)ccc1OCCO. The fourth-order valence-corrected chi connectivity index (χ4v) is 5.13. The number of carbonyl (C=O) groups is 2. The van der Waals surface area contributed by atoms with E-state index in [2.05, 4.69) is 15.6 Å². The van der Waals surface area contributed by atoms with Gasteiger partial charge in [-0.2, -0.15) is 13.2 Å². The summed E-state index contributed by atoms with van der Waals surface area (Å²) in [4.78, 5) is 29.8. The van der Waals surface area contributed by atoms with Crippen molar-refractivity contribution in [2.24, 2.45) is 5.92 Å². The van der Waals surface area contributed by atoms with Crippen LogP contribution in [0.5, 0.6) is 17.2 Å². The van der Waals surface area contributed by atoms with E-state index in [0.29, 0.717) is 11.1 Å². The van der Waals surface area contributed by atoms with Crippen LogP contribution in [0.3, 0.4) is 0 Å². The van der Waals surface area contributed by atoms with Crippen LogP contribution in [-0.4, -0.2) is 68.1 Å². The van der Waals surface area contributed by atoms with Crippen molar-refractivity contribution in [1.82, 2.24) is 15.6 Å². The third kappa shape index (κ3) is 7.14. The summed E-state index contributed by atoms with van der Waals surface area (Å²) in [6.45, 7) is 0.910. The van der Waals surface area contributed by atoms with Gasteiger partial charge in [-0.15, -0.1) is 0 Å². The number of pyridine rings is 1. The van der Waals surface area contributed by atoms with Crippen molar-refractivity contribution in [3.05, 3.63) is 71.2 Å². The van der Waals surface area contributed by atoms with Gasteiger partial charge in [0.05, 0.1) is 26.0 Å². The minimum Gasteiger partial charge on any atom is -0.493 e. The lowest BCUT2D eigenvalue weighted by molar-refractivity contribution is -0.149. The molecule has 1 saturated carbocycles. The number of halogens is 4. The van der Waals surface area contributed by atoms with E-state index in [1.165, 1.54) is 55.6 Å². The van der Waals surface area contributed by atoms with E-state index in [0.717, 1.165) is 12.8 Å². The molecule has 45 heavy (non-hydrogen) atoms. The molecule has 13 heteroatoms. The molecule has 1 aliphatic carbocycles. The molecule has 0 unspecified atom stereocenters. The smallest absolute Gasteiger partial charge is 0.398 e. The number of methoxy groups -OCH3 is 1. The summed E-state index contributed by atoms with van der Waals surface area (Å²) in [6.07, 6.45) is -3.22. The van der Waals surface area contributed by atoms with Crippen LogP contribution in [0, 0.1) is 11.7 Å². The molecule has 2 heterocycles. The molecule has 5 rings (SSSR count). The average molecular weight is 632 g/mol. The normalized spacial score (nSPS) is 18.0. The second kappa shape index (κ2) is 12.9. The number of carbonyl (C=O) groups excluding carboxylic acids is 2. The van der Waals surface area contributed by atoms with E-state index < -0.39 is 35.8 Å². The Kier molecular flexibility index (Phi) is 9.19. The van der Waals surface area contributed by atoms with Crippen molar-refractivity contribution in [2.75, 3.05) is 40.0 Å². The third-order valence-corrected chi connectivity index (χ3v) is 7.89. The van der Waals surface area contributed by atoms with Crippen molar-refractivity contribution in [3.63, 3.8) is 0 Å². The van der Waals surface area contributed by atoms with Crippen molar-refractivity contribution < 1.29 is 46.5 Å². The predicted octanol–water partition coefficient (Wildman–Crippen LogP) is 4.52. The Hall–Kier alpha value is -4.39. The Morgan fingerprint density at radius 1 is 1.11 bits per heavy atom. The van der Waals surface area contributed by atoms with Gasteiger partial charge < -0.3 is 30.0 Å². The molecule has 2 aliphatic rings. The molecule has 0 radical (unpaired) electrons. The van der Waals surface area contributed by atoms with Crippen LogP contribution < -0.4 is 24.8 Å². The maximum absolute atomic E-state index is 14.6. The average Bonchev–Trinajstić information content (AvgIpc) is 3.82. The first-order valence-electron chi connectivity index (χ1n) is 14.4. The van der Waals surface area contributed by atoms with Crippen LogP contribution in [0.2, 0.25) is 0 Å². The van der Waals surface area contributed by atoms with Gasteiger partial charge in [-0.25, -0.2) is 9.37 Å². The highest BCUT2D eigenvalue weighted by Gasteiger charge is 2.46. The minimum atomic E-state index is -4.82. The fourth-order valence-electron chi connectivity index (χ4n) is 5.13. The van der Waals surface area contributed by atoms with Gasteiger partial charge >= 0.3 is 6.18 Å². The van der Waals surface area contributed by atoms with Gasteiger partial charge in [-0.3, -0.25) is 9.59 Å². The number of amides is 2. The first kappa shape index (κ1) is 32.0. The molecule has 0 saturated heterocycles. The number of hydrogen-bond acceptors (Lipinski definition) is 7. The third-order valence-electron chi connectivity index (χ3n) is 7.89. The number of alkyl halides is 3.